The van der Waals surface area contributed by atoms with Gasteiger partial charge in [0.25, 0.3) is 0 Å². The van der Waals surface area contributed by atoms with Gasteiger partial charge in [-0.25, -0.2) is 0 Å². The van der Waals surface area contributed by atoms with E-state index in [-0.39, 0.29) is 24.0 Å². The monoisotopic (exact) mass is 414 g/mol. The molecule has 0 bridgehead atoms. The summed E-state index contributed by atoms with van der Waals surface area (Å²) < 4.78 is 1.96. The van der Waals surface area contributed by atoms with Gasteiger partial charge in [-0.2, -0.15) is 0 Å². The van der Waals surface area contributed by atoms with Crippen LogP contribution in [0.5, 0.6) is 0 Å². The van der Waals surface area contributed by atoms with Gasteiger partial charge in [-0.05, 0) is 19.4 Å². The number of aryl methyl sites for hydroxylation is 2. The quantitative estimate of drug-likeness (QED) is 0.456. The lowest BCUT2D eigenvalue weighted by Gasteiger charge is -2.12. The Morgan fingerprint density at radius 3 is 2.50 bits per heavy atom. The number of nitrogens with one attached hydrogen (secondary N) is 2. The Kier molecular flexibility index (Phi) is 7.30. The molecule has 0 aliphatic rings. The van der Waals surface area contributed by atoms with Crippen molar-refractivity contribution in [3.8, 4) is 0 Å². The summed E-state index contributed by atoms with van der Waals surface area (Å²) >= 11 is 0. The highest BCUT2D eigenvalue weighted by Crippen LogP contribution is 2.03. The van der Waals surface area contributed by atoms with Gasteiger partial charge in [-0.1, -0.05) is 29.8 Å². The normalized spacial score (nSPS) is 11.0. The molecule has 2 N–H and O–H groups in total. The predicted molar refractivity (Wildman–Crippen MR) is 99.4 cm³/mol. The van der Waals surface area contributed by atoms with E-state index in [1.54, 1.807) is 7.05 Å². The van der Waals surface area contributed by atoms with Crippen LogP contribution in [0.3, 0.4) is 0 Å². The van der Waals surface area contributed by atoms with Crippen LogP contribution < -0.4 is 10.6 Å². The van der Waals surface area contributed by atoms with Gasteiger partial charge < -0.3 is 15.2 Å². The van der Waals surface area contributed by atoms with Crippen LogP contribution in [0.1, 0.15) is 22.8 Å². The Bertz CT molecular complexity index is 635. The van der Waals surface area contributed by atoms with Crippen molar-refractivity contribution in [2.45, 2.75) is 26.9 Å². The lowest BCUT2D eigenvalue weighted by atomic mass is 10.1. The van der Waals surface area contributed by atoms with Crippen molar-refractivity contribution in [2.75, 3.05) is 7.05 Å². The van der Waals surface area contributed by atoms with Crippen LogP contribution in [-0.2, 0) is 20.1 Å². The van der Waals surface area contributed by atoms with Gasteiger partial charge >= 0.3 is 0 Å². The summed E-state index contributed by atoms with van der Waals surface area (Å²) in [7, 11) is 3.71. The highest BCUT2D eigenvalue weighted by Gasteiger charge is 2.05. The molecule has 1 aromatic heterocycles. The standard InChI is InChI=1S/C15H22N6.HI/c1-11-6-5-7-13(8-11)9-17-15(16-3)18-10-14-20-19-12(2)21(14)4;/h5-8H,9-10H2,1-4H3,(H2,16,17,18);1H. The molecule has 0 unspecified atom stereocenters. The fourth-order valence-electron chi connectivity index (χ4n) is 2.00. The Morgan fingerprint density at radius 1 is 1.18 bits per heavy atom. The fraction of sp³-hybridized carbons (Fsp3) is 0.400. The summed E-state index contributed by atoms with van der Waals surface area (Å²) in [5.74, 6) is 2.53. The average molecular weight is 414 g/mol. The van der Waals surface area contributed by atoms with Gasteiger partial charge in [0.2, 0.25) is 0 Å². The Balaban J connectivity index is 0.00000242. The predicted octanol–water partition coefficient (Wildman–Crippen LogP) is 1.92. The van der Waals surface area contributed by atoms with E-state index in [9.17, 15) is 0 Å². The molecule has 0 saturated carbocycles. The molecule has 22 heavy (non-hydrogen) atoms. The molecule has 0 spiro atoms. The number of hydrogen-bond donors (Lipinski definition) is 2. The molecule has 0 amide bonds. The Hall–Kier alpha value is -1.64. The second kappa shape index (κ2) is 8.72. The van der Waals surface area contributed by atoms with Crippen LogP contribution in [0.25, 0.3) is 0 Å². The molecule has 2 rings (SSSR count). The first-order chi connectivity index (χ1) is 10.1. The largest absolute Gasteiger partial charge is 0.352 e. The molecule has 120 valence electrons. The molecule has 7 heteroatoms. The second-order valence-electron chi connectivity index (χ2n) is 4.99. The Labute approximate surface area is 148 Å². The van der Waals surface area contributed by atoms with Crippen molar-refractivity contribution in [1.29, 1.82) is 0 Å². The summed E-state index contributed by atoms with van der Waals surface area (Å²) in [6.07, 6.45) is 0. The highest BCUT2D eigenvalue weighted by atomic mass is 127. The van der Waals surface area contributed by atoms with Crippen molar-refractivity contribution in [3.05, 3.63) is 47.0 Å². The number of aliphatic imine (C=N–C) groups is 1. The number of benzene rings is 1. The molecule has 2 aromatic rings. The number of halogens is 1. The third kappa shape index (κ3) is 4.97. The van der Waals surface area contributed by atoms with Crippen molar-refractivity contribution in [1.82, 2.24) is 25.4 Å². The van der Waals surface area contributed by atoms with Gasteiger partial charge in [0, 0.05) is 20.6 Å². The van der Waals surface area contributed by atoms with Crippen molar-refractivity contribution in [3.63, 3.8) is 0 Å². The summed E-state index contributed by atoms with van der Waals surface area (Å²) in [6.45, 7) is 5.35. The van der Waals surface area contributed by atoms with Gasteiger partial charge in [0.15, 0.2) is 11.8 Å². The molecule has 0 fully saturated rings. The maximum Gasteiger partial charge on any atom is 0.191 e. The molecule has 0 saturated heterocycles. The lowest BCUT2D eigenvalue weighted by molar-refractivity contribution is 0.717. The molecular formula is C15H23IN6. The van der Waals surface area contributed by atoms with E-state index in [0.717, 1.165) is 24.2 Å². The van der Waals surface area contributed by atoms with E-state index in [2.05, 4.69) is 57.0 Å². The van der Waals surface area contributed by atoms with Crippen LogP contribution in [-0.4, -0.2) is 27.8 Å². The molecule has 6 nitrogen and oxygen atoms in total. The van der Waals surface area contributed by atoms with Crippen LogP contribution >= 0.6 is 24.0 Å². The lowest BCUT2D eigenvalue weighted by Crippen LogP contribution is -2.36. The first-order valence-corrected chi connectivity index (χ1v) is 6.95. The smallest absolute Gasteiger partial charge is 0.191 e. The number of nitrogens with zero attached hydrogens (tertiary/aromatic N) is 4. The summed E-state index contributed by atoms with van der Waals surface area (Å²) in [4.78, 5) is 4.21. The number of aromatic nitrogens is 3. The first-order valence-electron chi connectivity index (χ1n) is 6.95. The molecule has 0 atom stereocenters. The molecule has 1 aromatic carbocycles. The van der Waals surface area contributed by atoms with E-state index >= 15 is 0 Å². The first kappa shape index (κ1) is 18.4. The van der Waals surface area contributed by atoms with Gasteiger partial charge in [-0.3, -0.25) is 4.99 Å². The Morgan fingerprint density at radius 2 is 1.91 bits per heavy atom. The van der Waals surface area contributed by atoms with Crippen molar-refractivity contribution in [2.24, 2.45) is 12.0 Å². The van der Waals surface area contributed by atoms with Crippen molar-refractivity contribution < 1.29 is 0 Å². The highest BCUT2D eigenvalue weighted by molar-refractivity contribution is 14.0. The number of rotatable bonds is 4. The van der Waals surface area contributed by atoms with Crippen LogP contribution in [0.15, 0.2) is 29.3 Å². The molecule has 0 aliphatic carbocycles. The maximum absolute atomic E-state index is 4.21. The van der Waals surface area contributed by atoms with E-state index in [1.807, 2.05) is 18.5 Å². The SMILES string of the molecule is CN=C(NCc1cccc(C)c1)NCc1nnc(C)n1C.I. The zero-order valence-corrected chi connectivity index (χ0v) is 15.8. The molecule has 1 heterocycles. The fourth-order valence-corrected chi connectivity index (χ4v) is 2.00. The van der Waals surface area contributed by atoms with E-state index < -0.39 is 0 Å². The molecule has 0 aliphatic heterocycles. The minimum Gasteiger partial charge on any atom is -0.352 e. The van der Waals surface area contributed by atoms with E-state index in [1.165, 1.54) is 11.1 Å². The third-order valence-corrected chi connectivity index (χ3v) is 3.36. The summed E-state index contributed by atoms with van der Waals surface area (Å²) in [5, 5.41) is 14.7. The van der Waals surface area contributed by atoms with E-state index in [0.29, 0.717) is 6.54 Å². The topological polar surface area (TPSA) is 67.1 Å². The third-order valence-electron chi connectivity index (χ3n) is 3.36. The minimum absolute atomic E-state index is 0. The number of guanidine groups is 1. The molecule has 0 radical (unpaired) electrons. The second-order valence-corrected chi connectivity index (χ2v) is 4.99. The van der Waals surface area contributed by atoms with Crippen molar-refractivity contribution >= 4 is 29.9 Å². The average Bonchev–Trinajstić information content (AvgIpc) is 2.79. The van der Waals surface area contributed by atoms with E-state index in [4.69, 9.17) is 0 Å². The summed E-state index contributed by atoms with van der Waals surface area (Å²) in [6, 6.07) is 8.41. The summed E-state index contributed by atoms with van der Waals surface area (Å²) in [5.41, 5.74) is 2.49. The van der Waals surface area contributed by atoms with Crippen LogP contribution in [0.4, 0.5) is 0 Å². The molecular weight excluding hydrogens is 391 g/mol. The van der Waals surface area contributed by atoms with Crippen LogP contribution in [0.2, 0.25) is 0 Å². The zero-order chi connectivity index (χ0) is 15.2. The van der Waals surface area contributed by atoms with Gasteiger partial charge in [-0.15, -0.1) is 34.2 Å². The maximum atomic E-state index is 4.21. The minimum atomic E-state index is 0. The van der Waals surface area contributed by atoms with Gasteiger partial charge in [0.1, 0.15) is 5.82 Å². The van der Waals surface area contributed by atoms with Crippen LogP contribution in [0, 0.1) is 13.8 Å². The number of hydrogen-bond acceptors (Lipinski definition) is 3. The van der Waals surface area contributed by atoms with Gasteiger partial charge in [0.05, 0.1) is 6.54 Å². The zero-order valence-electron chi connectivity index (χ0n) is 13.4.